The monoisotopic (exact) mass is 471 g/mol. The van der Waals surface area contributed by atoms with Crippen LogP contribution in [0.1, 0.15) is 15.9 Å². The van der Waals surface area contributed by atoms with Gasteiger partial charge in [0, 0.05) is 23.7 Å². The summed E-state index contributed by atoms with van der Waals surface area (Å²) >= 11 is 0. The van der Waals surface area contributed by atoms with Gasteiger partial charge in [0.2, 0.25) is 0 Å². The molecule has 0 bridgehead atoms. The molecule has 0 aliphatic heterocycles. The Kier molecular flexibility index (Phi) is 5.61. The molecule has 4 nitrogen and oxygen atoms in total. The highest BCUT2D eigenvalue weighted by Crippen LogP contribution is 2.45. The molecular weight excluding hydrogens is 451 g/mol. The minimum absolute atomic E-state index is 0.0713. The van der Waals surface area contributed by atoms with Gasteiger partial charge in [-0.2, -0.15) is 13.2 Å². The number of rotatable bonds is 4. The highest BCUT2D eigenvalue weighted by Gasteiger charge is 2.37. The molecule has 35 heavy (non-hydrogen) atoms. The average Bonchev–Trinajstić information content (AvgIpc) is 3.15. The molecular formula is C28H20F3N3O. The van der Waals surface area contributed by atoms with Crippen LogP contribution in [-0.2, 0) is 13.2 Å². The number of hydrogen-bond donors (Lipinski definition) is 1. The lowest BCUT2D eigenvalue weighted by Gasteiger charge is -2.13. The highest BCUT2D eigenvalue weighted by atomic mass is 19.4. The quantitative estimate of drug-likeness (QED) is 0.302. The van der Waals surface area contributed by atoms with Crippen molar-refractivity contribution in [2.45, 2.75) is 6.18 Å². The molecule has 0 saturated heterocycles. The van der Waals surface area contributed by atoms with E-state index >= 15 is 0 Å². The molecule has 0 fully saturated rings. The zero-order chi connectivity index (χ0) is 24.6. The first-order valence-corrected chi connectivity index (χ1v) is 10.9. The molecule has 0 saturated carbocycles. The van der Waals surface area contributed by atoms with Crippen LogP contribution in [0.4, 0.5) is 18.9 Å². The van der Waals surface area contributed by atoms with Crippen molar-refractivity contribution in [2.75, 3.05) is 5.32 Å². The zero-order valence-electron chi connectivity index (χ0n) is 18.7. The van der Waals surface area contributed by atoms with Crippen LogP contribution in [0.3, 0.4) is 0 Å². The Labute approximate surface area is 199 Å². The van der Waals surface area contributed by atoms with Gasteiger partial charge in [0.05, 0.1) is 28.0 Å². The topological polar surface area (TPSA) is 46.9 Å². The SMILES string of the molecule is Cn1c(-c2ccccc2)c(NC(=O)c2ccccc2)c2c(C(F)(F)F)cc(-c3ccccc3)nc21. The van der Waals surface area contributed by atoms with Crippen LogP contribution in [0.2, 0.25) is 0 Å². The second-order valence-corrected chi connectivity index (χ2v) is 8.09. The predicted octanol–water partition coefficient (Wildman–Crippen LogP) is 7.18. The highest BCUT2D eigenvalue weighted by molar-refractivity contribution is 6.13. The van der Waals surface area contributed by atoms with E-state index in [0.717, 1.165) is 6.07 Å². The van der Waals surface area contributed by atoms with Gasteiger partial charge in [-0.05, 0) is 18.2 Å². The molecule has 0 radical (unpaired) electrons. The van der Waals surface area contributed by atoms with Crippen molar-refractivity contribution in [1.29, 1.82) is 0 Å². The van der Waals surface area contributed by atoms with Crippen molar-refractivity contribution in [3.8, 4) is 22.5 Å². The minimum atomic E-state index is -4.67. The largest absolute Gasteiger partial charge is 0.417 e. The van der Waals surface area contributed by atoms with Gasteiger partial charge in [-0.25, -0.2) is 4.98 Å². The van der Waals surface area contributed by atoms with Crippen LogP contribution in [0.15, 0.2) is 97.1 Å². The lowest BCUT2D eigenvalue weighted by molar-refractivity contribution is -0.136. The fraction of sp³-hybridized carbons (Fsp3) is 0.0714. The first kappa shape index (κ1) is 22.4. The Morgan fingerprint density at radius 2 is 1.37 bits per heavy atom. The summed E-state index contributed by atoms with van der Waals surface area (Å²) in [5.41, 5.74) is 1.54. The number of aromatic nitrogens is 2. The third-order valence-electron chi connectivity index (χ3n) is 5.84. The molecule has 174 valence electrons. The van der Waals surface area contributed by atoms with E-state index in [1.165, 1.54) is 0 Å². The number of pyridine rings is 1. The summed E-state index contributed by atoms with van der Waals surface area (Å²) in [6.07, 6.45) is -4.67. The second kappa shape index (κ2) is 8.76. The fourth-order valence-electron chi connectivity index (χ4n) is 4.22. The molecule has 3 aromatic carbocycles. The molecule has 2 heterocycles. The van der Waals surface area contributed by atoms with Crippen LogP contribution in [-0.4, -0.2) is 15.5 Å². The molecule has 2 aromatic heterocycles. The van der Waals surface area contributed by atoms with Crippen LogP contribution < -0.4 is 5.32 Å². The molecule has 0 spiro atoms. The minimum Gasteiger partial charge on any atom is -0.327 e. The number of nitrogens with one attached hydrogen (secondary N) is 1. The van der Waals surface area contributed by atoms with E-state index in [9.17, 15) is 18.0 Å². The number of carbonyl (C=O) groups is 1. The van der Waals surface area contributed by atoms with Gasteiger partial charge in [-0.15, -0.1) is 0 Å². The summed E-state index contributed by atoms with van der Waals surface area (Å²) in [6, 6.07) is 27.1. The van der Waals surface area contributed by atoms with Crippen LogP contribution in [0.5, 0.6) is 0 Å². The van der Waals surface area contributed by atoms with Crippen molar-refractivity contribution in [2.24, 2.45) is 7.05 Å². The van der Waals surface area contributed by atoms with E-state index in [0.29, 0.717) is 22.4 Å². The summed E-state index contributed by atoms with van der Waals surface area (Å²) in [7, 11) is 1.66. The van der Waals surface area contributed by atoms with E-state index in [-0.39, 0.29) is 22.4 Å². The number of alkyl halides is 3. The Balaban J connectivity index is 1.83. The van der Waals surface area contributed by atoms with Gasteiger partial charge in [0.25, 0.3) is 5.91 Å². The standard InChI is InChI=1S/C28H20F3N3O/c1-34-25(19-13-7-3-8-14-19)24(33-27(35)20-15-9-4-10-16-20)23-21(28(29,30)31)17-22(32-26(23)34)18-11-5-2-6-12-18/h2-17H,1H3,(H,33,35). The van der Waals surface area contributed by atoms with E-state index in [1.807, 2.05) is 6.07 Å². The van der Waals surface area contributed by atoms with Gasteiger partial charge in [-0.1, -0.05) is 78.9 Å². The number of amides is 1. The fourth-order valence-corrected chi connectivity index (χ4v) is 4.22. The van der Waals surface area contributed by atoms with Gasteiger partial charge in [0.15, 0.2) is 0 Å². The number of aryl methyl sites for hydroxylation is 1. The second-order valence-electron chi connectivity index (χ2n) is 8.09. The predicted molar refractivity (Wildman–Crippen MR) is 131 cm³/mol. The van der Waals surface area contributed by atoms with Gasteiger partial charge < -0.3 is 9.88 Å². The number of hydrogen-bond acceptors (Lipinski definition) is 2. The van der Waals surface area contributed by atoms with Crippen LogP contribution >= 0.6 is 0 Å². The molecule has 1 N–H and O–H groups in total. The summed E-state index contributed by atoms with van der Waals surface area (Å²) in [4.78, 5) is 17.7. The number of benzene rings is 3. The van der Waals surface area contributed by atoms with E-state index in [1.54, 1.807) is 96.5 Å². The molecule has 5 aromatic rings. The maximum absolute atomic E-state index is 14.4. The van der Waals surface area contributed by atoms with Gasteiger partial charge in [0.1, 0.15) is 5.65 Å². The molecule has 5 rings (SSSR count). The first-order chi connectivity index (χ1) is 16.8. The Bertz CT molecular complexity index is 1510. The summed E-state index contributed by atoms with van der Waals surface area (Å²) in [6.45, 7) is 0. The Morgan fingerprint density at radius 3 is 1.94 bits per heavy atom. The summed E-state index contributed by atoms with van der Waals surface area (Å²) in [5, 5.41) is 2.61. The lowest BCUT2D eigenvalue weighted by atomic mass is 10.0. The van der Waals surface area contributed by atoms with Crippen molar-refractivity contribution < 1.29 is 18.0 Å². The number of anilines is 1. The molecule has 0 atom stereocenters. The normalized spacial score (nSPS) is 11.5. The van der Waals surface area contributed by atoms with Crippen molar-refractivity contribution in [3.05, 3.63) is 108 Å². The number of fused-ring (bicyclic) bond motifs is 1. The zero-order valence-corrected chi connectivity index (χ0v) is 18.7. The van der Waals surface area contributed by atoms with Crippen LogP contribution in [0.25, 0.3) is 33.5 Å². The van der Waals surface area contributed by atoms with E-state index < -0.39 is 17.6 Å². The van der Waals surface area contributed by atoms with Gasteiger partial charge >= 0.3 is 6.18 Å². The molecule has 7 heteroatoms. The summed E-state index contributed by atoms with van der Waals surface area (Å²) in [5.74, 6) is -0.504. The third kappa shape index (κ3) is 4.17. The molecule has 0 unspecified atom stereocenters. The average molecular weight is 471 g/mol. The molecule has 1 amide bonds. The molecule has 0 aliphatic carbocycles. The third-order valence-corrected chi connectivity index (χ3v) is 5.84. The molecule has 0 aliphatic rings. The maximum Gasteiger partial charge on any atom is 0.417 e. The first-order valence-electron chi connectivity index (χ1n) is 10.9. The lowest BCUT2D eigenvalue weighted by Crippen LogP contribution is -2.14. The van der Waals surface area contributed by atoms with E-state index in [4.69, 9.17) is 0 Å². The van der Waals surface area contributed by atoms with E-state index in [2.05, 4.69) is 10.3 Å². The number of halogens is 3. The number of nitrogens with zero attached hydrogens (tertiary/aromatic N) is 2. The number of carbonyl (C=O) groups excluding carboxylic acids is 1. The van der Waals surface area contributed by atoms with Crippen molar-refractivity contribution in [1.82, 2.24) is 9.55 Å². The van der Waals surface area contributed by atoms with Crippen LogP contribution in [0, 0.1) is 0 Å². The maximum atomic E-state index is 14.4. The summed E-state index contributed by atoms with van der Waals surface area (Å²) < 4.78 is 44.9. The smallest absolute Gasteiger partial charge is 0.327 e. The Morgan fingerprint density at radius 1 is 0.829 bits per heavy atom. The van der Waals surface area contributed by atoms with Gasteiger partial charge in [-0.3, -0.25) is 4.79 Å². The van der Waals surface area contributed by atoms with Crippen molar-refractivity contribution >= 4 is 22.6 Å². The Hall–Kier alpha value is -4.39. The van der Waals surface area contributed by atoms with Crippen molar-refractivity contribution in [3.63, 3.8) is 0 Å².